The van der Waals surface area contributed by atoms with Crippen molar-refractivity contribution in [1.29, 1.82) is 0 Å². The van der Waals surface area contributed by atoms with Gasteiger partial charge in [-0.05, 0) is 18.6 Å². The first-order chi connectivity index (χ1) is 9.54. The summed E-state index contributed by atoms with van der Waals surface area (Å²) in [5.74, 6) is 0.172. The molecule has 7 heteroatoms. The van der Waals surface area contributed by atoms with E-state index in [1.807, 2.05) is 6.92 Å². The van der Waals surface area contributed by atoms with Crippen molar-refractivity contribution in [2.45, 2.75) is 13.0 Å². The zero-order chi connectivity index (χ0) is 15.0. The summed E-state index contributed by atoms with van der Waals surface area (Å²) in [4.78, 5) is 10.4. The van der Waals surface area contributed by atoms with Crippen LogP contribution in [0.3, 0.4) is 0 Å². The Morgan fingerprint density at radius 1 is 1.50 bits per heavy atom. The van der Waals surface area contributed by atoms with E-state index < -0.39 is 11.0 Å². The Bertz CT molecular complexity index is 439. The second kappa shape index (κ2) is 8.47. The number of hydrogen-bond donors (Lipinski definition) is 2. The van der Waals surface area contributed by atoms with Crippen LogP contribution in [0.4, 0.5) is 5.69 Å². The van der Waals surface area contributed by atoms with E-state index >= 15 is 0 Å². The number of nitro benzene ring substituents is 1. The molecule has 0 bridgehead atoms. The highest BCUT2D eigenvalue weighted by Crippen LogP contribution is 2.27. The Kier molecular flexibility index (Phi) is 6.92. The minimum atomic E-state index is -0.744. The van der Waals surface area contributed by atoms with Crippen LogP contribution >= 0.6 is 0 Å². The number of rotatable bonds is 9. The fourth-order valence-electron chi connectivity index (χ4n) is 1.58. The lowest BCUT2D eigenvalue weighted by Crippen LogP contribution is -2.33. The third kappa shape index (κ3) is 5.52. The largest absolute Gasteiger partial charge is 0.484 e. The summed E-state index contributed by atoms with van der Waals surface area (Å²) in [6.45, 7) is 3.32. The van der Waals surface area contributed by atoms with Crippen LogP contribution in [-0.2, 0) is 4.74 Å². The van der Waals surface area contributed by atoms with Gasteiger partial charge in [0.25, 0.3) is 0 Å². The Balaban J connectivity index is 2.48. The average Bonchev–Trinajstić information content (AvgIpc) is 2.41. The minimum Gasteiger partial charge on any atom is -0.484 e. The first kappa shape index (κ1) is 16.4. The average molecular weight is 284 g/mol. The smallest absolute Gasteiger partial charge is 0.310 e. The van der Waals surface area contributed by atoms with Crippen molar-refractivity contribution in [2.24, 2.45) is 0 Å². The monoisotopic (exact) mass is 284 g/mol. The van der Waals surface area contributed by atoms with E-state index in [4.69, 9.17) is 9.47 Å². The van der Waals surface area contributed by atoms with E-state index in [1.54, 1.807) is 19.2 Å². The van der Waals surface area contributed by atoms with Gasteiger partial charge in [0.2, 0.25) is 0 Å². The number of aliphatic hydroxyl groups is 1. The van der Waals surface area contributed by atoms with Crippen molar-refractivity contribution in [2.75, 3.05) is 33.4 Å². The number of ether oxygens (including phenoxy) is 2. The maximum absolute atomic E-state index is 10.9. The number of aliphatic hydroxyl groups excluding tert-OH is 1. The lowest BCUT2D eigenvalue weighted by atomic mass is 10.2. The van der Waals surface area contributed by atoms with Crippen molar-refractivity contribution < 1.29 is 19.5 Å². The van der Waals surface area contributed by atoms with Gasteiger partial charge >= 0.3 is 5.69 Å². The van der Waals surface area contributed by atoms with Crippen LogP contribution in [0.5, 0.6) is 5.75 Å². The summed E-state index contributed by atoms with van der Waals surface area (Å²) in [7, 11) is 1.60. The predicted octanol–water partition coefficient (Wildman–Crippen LogP) is 0.879. The van der Waals surface area contributed by atoms with Gasteiger partial charge in [-0.3, -0.25) is 10.1 Å². The molecule has 1 aromatic carbocycles. The van der Waals surface area contributed by atoms with Crippen molar-refractivity contribution in [3.05, 3.63) is 33.9 Å². The van der Waals surface area contributed by atoms with E-state index in [1.165, 1.54) is 6.07 Å². The molecule has 7 nitrogen and oxygen atoms in total. The second-order valence-corrected chi connectivity index (χ2v) is 4.39. The van der Waals surface area contributed by atoms with Gasteiger partial charge in [-0.2, -0.15) is 0 Å². The summed E-state index contributed by atoms with van der Waals surface area (Å²) in [6.07, 6.45) is -0.744. The normalized spacial score (nSPS) is 12.2. The van der Waals surface area contributed by atoms with Gasteiger partial charge in [-0.15, -0.1) is 0 Å². The molecule has 1 atom stereocenters. The van der Waals surface area contributed by atoms with Crippen LogP contribution in [-0.4, -0.2) is 49.5 Å². The summed E-state index contributed by atoms with van der Waals surface area (Å²) in [5, 5.41) is 23.6. The molecule has 20 heavy (non-hydrogen) atoms. The van der Waals surface area contributed by atoms with Crippen LogP contribution in [0.2, 0.25) is 0 Å². The van der Waals surface area contributed by atoms with E-state index in [2.05, 4.69) is 5.32 Å². The SMILES string of the molecule is COCCNCC(O)COc1cc(C)ccc1[N+](=O)[O-]. The zero-order valence-corrected chi connectivity index (χ0v) is 11.7. The standard InChI is InChI=1S/C13H20N2O5/c1-10-3-4-12(15(17)18)13(7-10)20-9-11(16)8-14-5-6-19-2/h3-4,7,11,14,16H,5-6,8-9H2,1-2H3. The lowest BCUT2D eigenvalue weighted by molar-refractivity contribution is -0.385. The molecule has 0 aliphatic carbocycles. The highest BCUT2D eigenvalue weighted by Gasteiger charge is 2.16. The summed E-state index contributed by atoms with van der Waals surface area (Å²) in [5.41, 5.74) is 0.758. The molecule has 1 unspecified atom stereocenters. The molecule has 0 spiro atoms. The fraction of sp³-hybridized carbons (Fsp3) is 0.538. The van der Waals surface area contributed by atoms with E-state index in [0.29, 0.717) is 19.7 Å². The molecule has 0 saturated heterocycles. The fourth-order valence-corrected chi connectivity index (χ4v) is 1.58. The Labute approximate surface area is 117 Å². The number of methoxy groups -OCH3 is 1. The highest BCUT2D eigenvalue weighted by molar-refractivity contribution is 5.48. The van der Waals surface area contributed by atoms with Gasteiger partial charge in [0.05, 0.1) is 11.5 Å². The first-order valence-corrected chi connectivity index (χ1v) is 6.30. The molecule has 0 heterocycles. The minimum absolute atomic E-state index is 0.00965. The third-order valence-corrected chi connectivity index (χ3v) is 2.61. The molecule has 0 aromatic heterocycles. The maximum Gasteiger partial charge on any atom is 0.310 e. The molecule has 0 fully saturated rings. The summed E-state index contributed by atoms with van der Waals surface area (Å²) < 4.78 is 10.2. The topological polar surface area (TPSA) is 93.9 Å². The number of benzene rings is 1. The van der Waals surface area contributed by atoms with Crippen LogP contribution in [0.25, 0.3) is 0 Å². The van der Waals surface area contributed by atoms with Gasteiger partial charge in [0, 0.05) is 26.3 Å². The summed E-state index contributed by atoms with van der Waals surface area (Å²) >= 11 is 0. The van der Waals surface area contributed by atoms with Crippen molar-refractivity contribution in [1.82, 2.24) is 5.32 Å². The Morgan fingerprint density at radius 3 is 2.90 bits per heavy atom. The lowest BCUT2D eigenvalue weighted by Gasteiger charge is -2.13. The van der Waals surface area contributed by atoms with Crippen LogP contribution in [0.1, 0.15) is 5.56 Å². The van der Waals surface area contributed by atoms with Crippen LogP contribution in [0, 0.1) is 17.0 Å². The number of nitrogens with one attached hydrogen (secondary N) is 1. The molecule has 2 N–H and O–H groups in total. The van der Waals surface area contributed by atoms with Gasteiger partial charge in [-0.25, -0.2) is 0 Å². The van der Waals surface area contributed by atoms with Crippen molar-refractivity contribution >= 4 is 5.69 Å². The highest BCUT2D eigenvalue weighted by atomic mass is 16.6. The first-order valence-electron chi connectivity index (χ1n) is 6.30. The zero-order valence-electron chi connectivity index (χ0n) is 11.7. The molecule has 0 amide bonds. The molecule has 1 aromatic rings. The van der Waals surface area contributed by atoms with E-state index in [-0.39, 0.29) is 18.0 Å². The quantitative estimate of drug-likeness (QED) is 0.397. The van der Waals surface area contributed by atoms with Crippen molar-refractivity contribution in [3.63, 3.8) is 0 Å². The Hall–Kier alpha value is -1.70. The number of hydrogen-bond acceptors (Lipinski definition) is 6. The number of nitro groups is 1. The van der Waals surface area contributed by atoms with Gasteiger partial charge < -0.3 is 19.9 Å². The van der Waals surface area contributed by atoms with Crippen molar-refractivity contribution in [3.8, 4) is 5.75 Å². The number of nitrogens with zero attached hydrogens (tertiary/aromatic N) is 1. The molecule has 0 aliphatic rings. The molecule has 0 aliphatic heterocycles. The van der Waals surface area contributed by atoms with Gasteiger partial charge in [0.15, 0.2) is 5.75 Å². The van der Waals surface area contributed by atoms with Crippen LogP contribution in [0.15, 0.2) is 18.2 Å². The third-order valence-electron chi connectivity index (χ3n) is 2.61. The summed E-state index contributed by atoms with van der Waals surface area (Å²) in [6, 6.07) is 4.63. The molecular weight excluding hydrogens is 264 g/mol. The van der Waals surface area contributed by atoms with Gasteiger partial charge in [0.1, 0.15) is 12.7 Å². The molecule has 0 radical (unpaired) electrons. The molecule has 0 saturated carbocycles. The predicted molar refractivity (Wildman–Crippen MR) is 74.1 cm³/mol. The van der Waals surface area contributed by atoms with Crippen LogP contribution < -0.4 is 10.1 Å². The molecule has 112 valence electrons. The number of aryl methyl sites for hydroxylation is 1. The maximum atomic E-state index is 10.9. The van der Waals surface area contributed by atoms with Gasteiger partial charge in [-0.1, -0.05) is 6.07 Å². The Morgan fingerprint density at radius 2 is 2.25 bits per heavy atom. The van der Waals surface area contributed by atoms with E-state index in [9.17, 15) is 15.2 Å². The van der Waals surface area contributed by atoms with E-state index in [0.717, 1.165) is 5.56 Å². The second-order valence-electron chi connectivity index (χ2n) is 4.39. The molecule has 1 rings (SSSR count). The molecular formula is C13H20N2O5.